The first-order valence-corrected chi connectivity index (χ1v) is 9.77. The highest BCUT2D eigenvalue weighted by atomic mass is 35.5. The zero-order valence-corrected chi connectivity index (χ0v) is 16.2. The van der Waals surface area contributed by atoms with E-state index >= 15 is 0 Å². The molecule has 138 valence electrons. The third-order valence-electron chi connectivity index (χ3n) is 5.13. The number of pyridine rings is 1. The Morgan fingerprint density at radius 3 is 2.21 bits per heavy atom. The molecule has 4 aromatic carbocycles. The second kappa shape index (κ2) is 7.16. The Bertz CT molecular complexity index is 1390. The minimum atomic E-state index is -0.121. The van der Waals surface area contributed by atoms with Crippen molar-refractivity contribution in [2.75, 3.05) is 0 Å². The highest BCUT2D eigenvalue weighted by Crippen LogP contribution is 2.28. The van der Waals surface area contributed by atoms with E-state index in [-0.39, 0.29) is 5.78 Å². The van der Waals surface area contributed by atoms with E-state index in [2.05, 4.69) is 30.3 Å². The molecule has 0 aliphatic carbocycles. The van der Waals surface area contributed by atoms with Crippen LogP contribution in [0.3, 0.4) is 0 Å². The van der Waals surface area contributed by atoms with Gasteiger partial charge in [0.05, 0.1) is 16.2 Å². The molecule has 0 saturated carbocycles. The van der Waals surface area contributed by atoms with Gasteiger partial charge < -0.3 is 0 Å². The lowest BCUT2D eigenvalue weighted by Gasteiger charge is -2.09. The Labute approximate surface area is 173 Å². The predicted molar refractivity (Wildman–Crippen MR) is 120 cm³/mol. The standard InChI is InChI=1S/C26H16ClNO/c27-23-11-4-3-9-21(23)26(29)22-10-5-8-18-14-15-24(28-25(18)22)20-13-12-17-6-1-2-7-19(17)16-20/h1-16H. The Morgan fingerprint density at radius 2 is 1.34 bits per heavy atom. The summed E-state index contributed by atoms with van der Waals surface area (Å²) in [5, 5.41) is 3.71. The van der Waals surface area contributed by atoms with Crippen LogP contribution in [-0.2, 0) is 0 Å². The molecule has 1 aromatic heterocycles. The molecule has 5 aromatic rings. The molecular weight excluding hydrogens is 378 g/mol. The van der Waals surface area contributed by atoms with Gasteiger partial charge in [-0.3, -0.25) is 4.79 Å². The van der Waals surface area contributed by atoms with Crippen LogP contribution in [0.2, 0.25) is 5.02 Å². The number of carbonyl (C=O) groups excluding carboxylic acids is 1. The van der Waals surface area contributed by atoms with Crippen molar-refractivity contribution in [3.8, 4) is 11.3 Å². The maximum atomic E-state index is 13.2. The second-order valence-corrected chi connectivity index (χ2v) is 7.35. The molecule has 0 bridgehead atoms. The minimum absolute atomic E-state index is 0.121. The Balaban J connectivity index is 1.67. The van der Waals surface area contributed by atoms with Crippen LogP contribution >= 0.6 is 11.6 Å². The van der Waals surface area contributed by atoms with Crippen LogP contribution in [0.1, 0.15) is 15.9 Å². The van der Waals surface area contributed by atoms with E-state index in [4.69, 9.17) is 16.6 Å². The van der Waals surface area contributed by atoms with Gasteiger partial charge in [0.15, 0.2) is 5.78 Å². The molecule has 0 atom stereocenters. The highest BCUT2D eigenvalue weighted by Gasteiger charge is 2.16. The van der Waals surface area contributed by atoms with Crippen molar-refractivity contribution >= 4 is 39.1 Å². The number of carbonyl (C=O) groups is 1. The number of fused-ring (bicyclic) bond motifs is 2. The molecule has 0 aliphatic heterocycles. The van der Waals surface area contributed by atoms with Gasteiger partial charge in [-0.1, -0.05) is 78.3 Å². The number of nitrogens with zero attached hydrogens (tertiary/aromatic N) is 1. The molecule has 0 N–H and O–H groups in total. The number of aromatic nitrogens is 1. The Kier molecular flexibility index (Phi) is 4.34. The third-order valence-corrected chi connectivity index (χ3v) is 5.46. The van der Waals surface area contributed by atoms with Crippen LogP contribution in [0.15, 0.2) is 97.1 Å². The first kappa shape index (κ1) is 17.6. The van der Waals surface area contributed by atoms with Crippen LogP contribution in [-0.4, -0.2) is 10.8 Å². The summed E-state index contributed by atoms with van der Waals surface area (Å²) < 4.78 is 0. The van der Waals surface area contributed by atoms with Gasteiger partial charge >= 0.3 is 0 Å². The van der Waals surface area contributed by atoms with E-state index in [1.54, 1.807) is 12.1 Å². The summed E-state index contributed by atoms with van der Waals surface area (Å²) in [6, 6.07) is 31.3. The zero-order valence-electron chi connectivity index (χ0n) is 15.5. The number of benzene rings is 4. The molecule has 0 amide bonds. The van der Waals surface area contributed by atoms with E-state index < -0.39 is 0 Å². The molecule has 29 heavy (non-hydrogen) atoms. The molecular formula is C26H16ClNO. The van der Waals surface area contributed by atoms with Crippen molar-refractivity contribution in [2.45, 2.75) is 0 Å². The maximum Gasteiger partial charge on any atom is 0.196 e. The number of halogens is 1. The molecule has 5 rings (SSSR count). The fourth-order valence-electron chi connectivity index (χ4n) is 3.63. The molecule has 0 radical (unpaired) electrons. The fraction of sp³-hybridized carbons (Fsp3) is 0. The average molecular weight is 394 g/mol. The smallest absolute Gasteiger partial charge is 0.196 e. The van der Waals surface area contributed by atoms with Gasteiger partial charge in [0.25, 0.3) is 0 Å². The van der Waals surface area contributed by atoms with E-state index in [0.717, 1.165) is 22.0 Å². The van der Waals surface area contributed by atoms with Crippen LogP contribution in [0.25, 0.3) is 32.9 Å². The van der Waals surface area contributed by atoms with Crippen molar-refractivity contribution in [1.82, 2.24) is 4.98 Å². The van der Waals surface area contributed by atoms with Gasteiger partial charge in [0.2, 0.25) is 0 Å². The van der Waals surface area contributed by atoms with Gasteiger partial charge in [0, 0.05) is 22.1 Å². The third kappa shape index (κ3) is 3.18. The lowest BCUT2D eigenvalue weighted by Crippen LogP contribution is -2.04. The van der Waals surface area contributed by atoms with Crippen molar-refractivity contribution in [3.05, 3.63) is 113 Å². The minimum Gasteiger partial charge on any atom is -0.288 e. The van der Waals surface area contributed by atoms with Crippen molar-refractivity contribution in [1.29, 1.82) is 0 Å². The molecule has 0 unspecified atom stereocenters. The lowest BCUT2D eigenvalue weighted by molar-refractivity contribution is 0.104. The number of para-hydroxylation sites is 1. The predicted octanol–water partition coefficient (Wildman–Crippen LogP) is 6.94. The molecule has 0 spiro atoms. The normalized spacial score (nSPS) is 11.1. The van der Waals surface area contributed by atoms with Gasteiger partial charge in [0.1, 0.15) is 0 Å². The Morgan fingerprint density at radius 1 is 0.655 bits per heavy atom. The summed E-state index contributed by atoms with van der Waals surface area (Å²) in [4.78, 5) is 18.0. The summed E-state index contributed by atoms with van der Waals surface area (Å²) in [6.45, 7) is 0. The van der Waals surface area contributed by atoms with Crippen LogP contribution in [0, 0.1) is 0 Å². The van der Waals surface area contributed by atoms with E-state index in [1.807, 2.05) is 54.6 Å². The van der Waals surface area contributed by atoms with Gasteiger partial charge in [-0.2, -0.15) is 0 Å². The molecule has 1 heterocycles. The zero-order chi connectivity index (χ0) is 19.8. The van der Waals surface area contributed by atoms with Gasteiger partial charge in [-0.25, -0.2) is 4.98 Å². The SMILES string of the molecule is O=C(c1ccccc1Cl)c1cccc2ccc(-c3ccc4ccccc4c3)nc12. The van der Waals surface area contributed by atoms with Crippen LogP contribution in [0.4, 0.5) is 0 Å². The topological polar surface area (TPSA) is 30.0 Å². The molecule has 0 fully saturated rings. The first-order chi connectivity index (χ1) is 14.2. The maximum absolute atomic E-state index is 13.2. The molecule has 0 saturated heterocycles. The summed E-state index contributed by atoms with van der Waals surface area (Å²) in [7, 11) is 0. The quantitative estimate of drug-likeness (QED) is 0.311. The van der Waals surface area contributed by atoms with Crippen LogP contribution in [0.5, 0.6) is 0 Å². The highest BCUT2D eigenvalue weighted by molar-refractivity contribution is 6.35. The van der Waals surface area contributed by atoms with Gasteiger partial charge in [-0.05, 0) is 41.1 Å². The van der Waals surface area contributed by atoms with E-state index in [0.29, 0.717) is 21.7 Å². The Hall–Kier alpha value is -3.49. The van der Waals surface area contributed by atoms with E-state index in [1.165, 1.54) is 5.39 Å². The summed E-state index contributed by atoms with van der Waals surface area (Å²) in [5.74, 6) is -0.121. The number of hydrogen-bond acceptors (Lipinski definition) is 2. The number of hydrogen-bond donors (Lipinski definition) is 0. The summed E-state index contributed by atoms with van der Waals surface area (Å²) >= 11 is 6.26. The molecule has 3 heteroatoms. The van der Waals surface area contributed by atoms with Crippen molar-refractivity contribution in [3.63, 3.8) is 0 Å². The number of rotatable bonds is 3. The average Bonchev–Trinajstić information content (AvgIpc) is 2.78. The molecule has 0 aliphatic rings. The largest absolute Gasteiger partial charge is 0.288 e. The first-order valence-electron chi connectivity index (χ1n) is 9.39. The van der Waals surface area contributed by atoms with Crippen molar-refractivity contribution < 1.29 is 4.79 Å². The fourth-order valence-corrected chi connectivity index (χ4v) is 3.85. The number of ketones is 1. The van der Waals surface area contributed by atoms with Crippen LogP contribution < -0.4 is 0 Å². The summed E-state index contributed by atoms with van der Waals surface area (Å²) in [5.41, 5.74) is 3.58. The van der Waals surface area contributed by atoms with Gasteiger partial charge in [-0.15, -0.1) is 0 Å². The van der Waals surface area contributed by atoms with Crippen molar-refractivity contribution in [2.24, 2.45) is 0 Å². The lowest BCUT2D eigenvalue weighted by atomic mass is 9.99. The second-order valence-electron chi connectivity index (χ2n) is 6.94. The molecule has 2 nitrogen and oxygen atoms in total. The summed E-state index contributed by atoms with van der Waals surface area (Å²) in [6.07, 6.45) is 0. The van der Waals surface area contributed by atoms with E-state index in [9.17, 15) is 4.79 Å². The monoisotopic (exact) mass is 393 g/mol.